The lowest BCUT2D eigenvalue weighted by Crippen LogP contribution is -2.49. The number of nitriles is 1. The minimum absolute atomic E-state index is 0.0252. The van der Waals surface area contributed by atoms with Gasteiger partial charge in [0.15, 0.2) is 11.5 Å². The third-order valence-electron chi connectivity index (χ3n) is 6.01. The zero-order valence-electron chi connectivity index (χ0n) is 20.5. The molecule has 190 valence electrons. The van der Waals surface area contributed by atoms with E-state index in [0.717, 1.165) is 5.69 Å². The summed E-state index contributed by atoms with van der Waals surface area (Å²) < 4.78 is 26.2. The van der Waals surface area contributed by atoms with Crippen molar-refractivity contribution in [2.45, 2.75) is 13.5 Å². The first-order valence-corrected chi connectivity index (χ1v) is 12.8. The average molecular weight is 564 g/mol. The predicted molar refractivity (Wildman–Crippen MR) is 145 cm³/mol. The molecule has 1 amide bonds. The maximum Gasteiger partial charge on any atom is 0.264 e. The zero-order chi connectivity index (χ0) is 26.2. The Morgan fingerprint density at radius 2 is 1.76 bits per heavy atom. The summed E-state index contributed by atoms with van der Waals surface area (Å²) in [6.07, 6.45) is 1.56. The number of halogens is 2. The molecular weight excluding hydrogens is 537 g/mol. The van der Waals surface area contributed by atoms with E-state index in [1.165, 1.54) is 6.07 Å². The molecule has 3 aromatic rings. The quantitative estimate of drug-likeness (QED) is 0.255. The molecule has 1 saturated heterocycles. The Kier molecular flexibility index (Phi) is 8.81. The van der Waals surface area contributed by atoms with Crippen molar-refractivity contribution >= 4 is 33.6 Å². The maximum atomic E-state index is 14.0. The summed E-state index contributed by atoms with van der Waals surface area (Å²) in [6.45, 7) is 4.71. The van der Waals surface area contributed by atoms with Gasteiger partial charge in [0, 0.05) is 37.4 Å². The van der Waals surface area contributed by atoms with E-state index in [1.54, 1.807) is 41.3 Å². The van der Waals surface area contributed by atoms with Gasteiger partial charge in [0.1, 0.15) is 24.1 Å². The molecule has 0 atom stereocenters. The summed E-state index contributed by atoms with van der Waals surface area (Å²) in [5.41, 5.74) is 2.20. The van der Waals surface area contributed by atoms with E-state index in [9.17, 15) is 14.4 Å². The minimum Gasteiger partial charge on any atom is -0.490 e. The van der Waals surface area contributed by atoms with Crippen LogP contribution >= 0.6 is 15.9 Å². The Morgan fingerprint density at radius 1 is 1.05 bits per heavy atom. The van der Waals surface area contributed by atoms with Gasteiger partial charge in [0.2, 0.25) is 0 Å². The van der Waals surface area contributed by atoms with Crippen LogP contribution in [-0.4, -0.2) is 43.6 Å². The molecule has 0 bridgehead atoms. The molecule has 1 aliphatic rings. The molecule has 0 aromatic heterocycles. The van der Waals surface area contributed by atoms with Crippen LogP contribution in [0.25, 0.3) is 6.08 Å². The molecule has 1 aliphatic heterocycles. The Balaban J connectivity index is 1.49. The lowest BCUT2D eigenvalue weighted by Gasteiger charge is -2.36. The molecule has 8 heteroatoms. The molecule has 0 saturated carbocycles. The number of anilines is 1. The second-order valence-corrected chi connectivity index (χ2v) is 9.28. The molecule has 0 radical (unpaired) electrons. The number of carbonyl (C=O) groups is 1. The van der Waals surface area contributed by atoms with Gasteiger partial charge in [-0.3, -0.25) is 4.79 Å². The monoisotopic (exact) mass is 563 g/mol. The first-order chi connectivity index (χ1) is 18.0. The molecule has 0 N–H and O–H groups in total. The number of piperazine rings is 1. The highest BCUT2D eigenvalue weighted by atomic mass is 79.9. The van der Waals surface area contributed by atoms with Crippen LogP contribution in [0.3, 0.4) is 0 Å². The summed E-state index contributed by atoms with van der Waals surface area (Å²) in [7, 11) is 0. The first kappa shape index (κ1) is 26.2. The zero-order valence-corrected chi connectivity index (χ0v) is 22.1. The van der Waals surface area contributed by atoms with Gasteiger partial charge in [-0.2, -0.15) is 5.26 Å². The summed E-state index contributed by atoms with van der Waals surface area (Å²) in [6, 6.07) is 22.0. The number of hydrogen-bond donors (Lipinski definition) is 0. The fourth-order valence-corrected chi connectivity index (χ4v) is 4.70. The van der Waals surface area contributed by atoms with Gasteiger partial charge in [-0.1, -0.05) is 36.4 Å². The van der Waals surface area contributed by atoms with E-state index in [2.05, 4.69) is 39.0 Å². The van der Waals surface area contributed by atoms with Crippen LogP contribution in [0.15, 0.2) is 76.8 Å². The molecule has 4 rings (SSSR count). The van der Waals surface area contributed by atoms with E-state index >= 15 is 0 Å². The topological polar surface area (TPSA) is 65.8 Å². The lowest BCUT2D eigenvalue weighted by molar-refractivity contribution is -0.126. The summed E-state index contributed by atoms with van der Waals surface area (Å²) >= 11 is 3.50. The van der Waals surface area contributed by atoms with Gasteiger partial charge in [0.05, 0.1) is 11.1 Å². The Hall–Kier alpha value is -3.83. The number of hydrogen-bond acceptors (Lipinski definition) is 5. The number of rotatable bonds is 8. The van der Waals surface area contributed by atoms with Crippen LogP contribution in [0, 0.1) is 17.1 Å². The van der Waals surface area contributed by atoms with Gasteiger partial charge in [-0.15, -0.1) is 0 Å². The van der Waals surface area contributed by atoms with Crippen LogP contribution in [0.5, 0.6) is 11.5 Å². The van der Waals surface area contributed by atoms with Crippen molar-refractivity contribution < 1.29 is 18.7 Å². The molecule has 1 heterocycles. The Labute approximate surface area is 224 Å². The van der Waals surface area contributed by atoms with Crippen molar-refractivity contribution in [1.29, 1.82) is 5.26 Å². The molecule has 0 spiro atoms. The number of nitrogens with zero attached hydrogens (tertiary/aromatic N) is 3. The lowest BCUT2D eigenvalue weighted by atomic mass is 10.1. The number of carbonyl (C=O) groups excluding carboxylic acids is 1. The van der Waals surface area contributed by atoms with Gasteiger partial charge in [0.25, 0.3) is 5.91 Å². The normalized spacial score (nSPS) is 13.7. The van der Waals surface area contributed by atoms with E-state index < -0.39 is 0 Å². The molecule has 37 heavy (non-hydrogen) atoms. The van der Waals surface area contributed by atoms with E-state index in [4.69, 9.17) is 9.47 Å². The van der Waals surface area contributed by atoms with Crippen LogP contribution in [0.4, 0.5) is 10.1 Å². The highest BCUT2D eigenvalue weighted by Gasteiger charge is 2.24. The summed E-state index contributed by atoms with van der Waals surface area (Å²) in [5.74, 6) is 0.201. The second kappa shape index (κ2) is 12.4. The fourth-order valence-electron chi connectivity index (χ4n) is 4.13. The molecular formula is C29H27BrFN3O3. The fraction of sp³-hybridized carbons (Fsp3) is 0.241. The van der Waals surface area contributed by atoms with Crippen molar-refractivity contribution in [3.63, 3.8) is 0 Å². The van der Waals surface area contributed by atoms with Crippen LogP contribution in [0.1, 0.15) is 18.1 Å². The standard InChI is InChI=1S/C29H27BrFN3O3/c1-2-36-27-18-21(17-25(30)28(27)37-20-22-8-6-7-11-26(22)31)16-23(19-32)29(35)34-14-12-33(13-15-34)24-9-4-3-5-10-24/h3-11,16-18H,2,12-15,20H2,1H3/b23-16-. The third kappa shape index (κ3) is 6.49. The number of para-hydroxylation sites is 1. The van der Waals surface area contributed by atoms with Gasteiger partial charge < -0.3 is 19.3 Å². The Bertz CT molecular complexity index is 1320. The van der Waals surface area contributed by atoms with Gasteiger partial charge >= 0.3 is 0 Å². The van der Waals surface area contributed by atoms with Crippen LogP contribution < -0.4 is 14.4 Å². The molecule has 6 nitrogen and oxygen atoms in total. The predicted octanol–water partition coefficient (Wildman–Crippen LogP) is 5.82. The maximum absolute atomic E-state index is 14.0. The molecule has 3 aromatic carbocycles. The van der Waals surface area contributed by atoms with Crippen molar-refractivity contribution in [1.82, 2.24) is 4.90 Å². The largest absolute Gasteiger partial charge is 0.490 e. The highest BCUT2D eigenvalue weighted by molar-refractivity contribution is 9.10. The smallest absolute Gasteiger partial charge is 0.264 e. The summed E-state index contributed by atoms with van der Waals surface area (Å²) in [4.78, 5) is 17.1. The van der Waals surface area contributed by atoms with Crippen molar-refractivity contribution in [3.8, 4) is 17.6 Å². The number of ether oxygens (including phenoxy) is 2. The number of amides is 1. The molecule has 0 aliphatic carbocycles. The van der Waals surface area contributed by atoms with Crippen molar-refractivity contribution in [2.24, 2.45) is 0 Å². The third-order valence-corrected chi connectivity index (χ3v) is 6.60. The SMILES string of the molecule is CCOc1cc(/C=C(/C#N)C(=O)N2CCN(c3ccccc3)CC2)cc(Br)c1OCc1ccccc1F. The molecule has 0 unspecified atom stereocenters. The van der Waals surface area contributed by atoms with E-state index in [1.807, 2.05) is 25.1 Å². The summed E-state index contributed by atoms with van der Waals surface area (Å²) in [5, 5.41) is 9.77. The average Bonchev–Trinajstić information content (AvgIpc) is 2.92. The molecule has 1 fully saturated rings. The number of benzene rings is 3. The van der Waals surface area contributed by atoms with E-state index in [0.29, 0.717) is 59.9 Å². The minimum atomic E-state index is -0.349. The van der Waals surface area contributed by atoms with Gasteiger partial charge in [-0.05, 0) is 64.8 Å². The van der Waals surface area contributed by atoms with Crippen molar-refractivity contribution in [3.05, 3.63) is 93.7 Å². The first-order valence-electron chi connectivity index (χ1n) is 12.0. The van der Waals surface area contributed by atoms with Crippen LogP contribution in [-0.2, 0) is 11.4 Å². The highest BCUT2D eigenvalue weighted by Crippen LogP contribution is 2.38. The van der Waals surface area contributed by atoms with Crippen LogP contribution in [0.2, 0.25) is 0 Å². The second-order valence-electron chi connectivity index (χ2n) is 8.43. The Morgan fingerprint density at radius 3 is 2.43 bits per heavy atom. The van der Waals surface area contributed by atoms with Gasteiger partial charge in [-0.25, -0.2) is 4.39 Å². The van der Waals surface area contributed by atoms with E-state index in [-0.39, 0.29) is 23.9 Å². The van der Waals surface area contributed by atoms with Crippen molar-refractivity contribution in [2.75, 3.05) is 37.7 Å².